The molecule has 14 aromatic rings. The first-order valence-corrected chi connectivity index (χ1v) is 26.0. The Balaban J connectivity index is 0.801. The van der Waals surface area contributed by atoms with Gasteiger partial charge in [-0.2, -0.15) is 0 Å². The van der Waals surface area contributed by atoms with Crippen LogP contribution < -0.4 is 4.90 Å². The summed E-state index contributed by atoms with van der Waals surface area (Å²) >= 11 is 0. The first-order valence-electron chi connectivity index (χ1n) is 26.0. The maximum atomic E-state index is 6.46. The monoisotopic (exact) mass is 967 g/mol. The topological polar surface area (TPSA) is 16.4 Å². The van der Waals surface area contributed by atoms with Crippen molar-refractivity contribution >= 4 is 60.5 Å². The number of nitrogens with zero attached hydrogens (tertiary/aromatic N) is 1. The zero-order chi connectivity index (χ0) is 50.4. The Morgan fingerprint density at radius 1 is 0.211 bits per heavy atom. The summed E-state index contributed by atoms with van der Waals surface area (Å²) in [5, 5.41) is 7.28. The van der Waals surface area contributed by atoms with Crippen molar-refractivity contribution in [2.24, 2.45) is 0 Å². The first kappa shape index (κ1) is 44.7. The third kappa shape index (κ3) is 8.29. The zero-order valence-corrected chi connectivity index (χ0v) is 41.6. The molecule has 0 spiro atoms. The van der Waals surface area contributed by atoms with Crippen LogP contribution in [0.3, 0.4) is 0 Å². The molecular weight excluding hydrogens is 919 g/mol. The lowest BCUT2D eigenvalue weighted by Gasteiger charge is -2.26. The zero-order valence-electron chi connectivity index (χ0n) is 41.6. The molecule has 0 aliphatic carbocycles. The van der Waals surface area contributed by atoms with Gasteiger partial charge in [-0.25, -0.2) is 0 Å². The predicted molar refractivity (Wildman–Crippen MR) is 321 cm³/mol. The summed E-state index contributed by atoms with van der Waals surface area (Å²) in [7, 11) is 0. The highest BCUT2D eigenvalue weighted by molar-refractivity contribution is 6.09. The highest BCUT2D eigenvalue weighted by atomic mass is 16.3. The minimum Gasteiger partial charge on any atom is -0.455 e. The molecular formula is C74H49NO. The average molecular weight is 968 g/mol. The van der Waals surface area contributed by atoms with E-state index in [-0.39, 0.29) is 0 Å². The highest BCUT2D eigenvalue weighted by Crippen LogP contribution is 2.41. The molecule has 0 N–H and O–H groups in total. The summed E-state index contributed by atoms with van der Waals surface area (Å²) in [5.74, 6) is 0. The molecule has 0 aliphatic heterocycles. The van der Waals surface area contributed by atoms with Gasteiger partial charge in [0.15, 0.2) is 0 Å². The molecule has 0 bridgehead atoms. The Labute approximate surface area is 442 Å². The number of fused-ring (bicyclic) bond motifs is 5. The van der Waals surface area contributed by atoms with E-state index >= 15 is 0 Å². The fourth-order valence-corrected chi connectivity index (χ4v) is 11.3. The van der Waals surface area contributed by atoms with Crippen LogP contribution in [0, 0.1) is 0 Å². The van der Waals surface area contributed by atoms with Gasteiger partial charge in [-0.05, 0) is 161 Å². The minimum atomic E-state index is 0.903. The molecule has 0 fully saturated rings. The summed E-state index contributed by atoms with van der Waals surface area (Å²) in [6.45, 7) is 0. The molecule has 2 heteroatoms. The van der Waals surface area contributed by atoms with Crippen molar-refractivity contribution in [2.45, 2.75) is 0 Å². The van der Waals surface area contributed by atoms with Crippen molar-refractivity contribution in [1.29, 1.82) is 0 Å². The molecule has 1 heterocycles. The number of furan rings is 1. The van der Waals surface area contributed by atoms with E-state index in [1.54, 1.807) is 0 Å². The number of hydrogen-bond acceptors (Lipinski definition) is 2. The predicted octanol–water partition coefficient (Wildman–Crippen LogP) is 21.0. The van der Waals surface area contributed by atoms with Gasteiger partial charge < -0.3 is 9.32 Å². The van der Waals surface area contributed by atoms with Crippen LogP contribution in [0.1, 0.15) is 0 Å². The van der Waals surface area contributed by atoms with Crippen molar-refractivity contribution in [3.63, 3.8) is 0 Å². The summed E-state index contributed by atoms with van der Waals surface area (Å²) in [6.07, 6.45) is 0. The fourth-order valence-electron chi connectivity index (χ4n) is 11.3. The van der Waals surface area contributed by atoms with Crippen molar-refractivity contribution in [2.75, 3.05) is 4.90 Å². The Kier molecular flexibility index (Phi) is 11.2. The molecule has 0 radical (unpaired) electrons. The highest BCUT2D eigenvalue weighted by Gasteiger charge is 2.17. The van der Waals surface area contributed by atoms with Crippen LogP contribution in [0.4, 0.5) is 17.1 Å². The van der Waals surface area contributed by atoms with E-state index in [2.05, 4.69) is 290 Å². The van der Waals surface area contributed by atoms with Crippen LogP contribution in [0.5, 0.6) is 0 Å². The molecule has 14 rings (SSSR count). The van der Waals surface area contributed by atoms with Crippen molar-refractivity contribution in [3.8, 4) is 77.9 Å². The third-order valence-electron chi connectivity index (χ3n) is 15.1. The van der Waals surface area contributed by atoms with Gasteiger partial charge in [-0.15, -0.1) is 0 Å². The molecule has 13 aromatic carbocycles. The summed E-state index contributed by atoms with van der Waals surface area (Å²) in [5.41, 5.74) is 21.5. The van der Waals surface area contributed by atoms with E-state index in [9.17, 15) is 0 Å². The first-order chi connectivity index (χ1) is 37.6. The van der Waals surface area contributed by atoms with Gasteiger partial charge in [-0.1, -0.05) is 231 Å². The maximum absolute atomic E-state index is 6.46. The van der Waals surface area contributed by atoms with Gasteiger partial charge in [0, 0.05) is 33.4 Å². The molecule has 0 amide bonds. The molecule has 0 atom stereocenters. The van der Waals surface area contributed by atoms with Crippen molar-refractivity contribution in [3.05, 3.63) is 297 Å². The summed E-state index contributed by atoms with van der Waals surface area (Å²) < 4.78 is 6.46. The largest absolute Gasteiger partial charge is 0.455 e. The lowest BCUT2D eigenvalue weighted by molar-refractivity contribution is 0.670. The van der Waals surface area contributed by atoms with E-state index in [0.29, 0.717) is 0 Å². The van der Waals surface area contributed by atoms with E-state index in [0.717, 1.165) is 72.4 Å². The second kappa shape index (κ2) is 19.1. The van der Waals surface area contributed by atoms with Crippen LogP contribution in [0.2, 0.25) is 0 Å². The second-order valence-corrected chi connectivity index (χ2v) is 19.6. The smallest absolute Gasteiger partial charge is 0.143 e. The van der Waals surface area contributed by atoms with Gasteiger partial charge in [0.2, 0.25) is 0 Å². The fraction of sp³-hybridized carbons (Fsp3) is 0. The minimum absolute atomic E-state index is 0.903. The number of rotatable bonds is 10. The van der Waals surface area contributed by atoms with Crippen molar-refractivity contribution < 1.29 is 4.42 Å². The van der Waals surface area contributed by atoms with Crippen LogP contribution in [0.25, 0.3) is 121 Å². The van der Waals surface area contributed by atoms with Gasteiger partial charge in [0.05, 0.1) is 0 Å². The molecule has 2 nitrogen and oxygen atoms in total. The normalized spacial score (nSPS) is 11.4. The third-order valence-corrected chi connectivity index (χ3v) is 15.1. The van der Waals surface area contributed by atoms with Crippen molar-refractivity contribution in [1.82, 2.24) is 0 Å². The Morgan fingerprint density at radius 2 is 0.526 bits per heavy atom. The Bertz CT molecular complexity index is 4440. The molecule has 0 aliphatic rings. The van der Waals surface area contributed by atoms with Gasteiger partial charge in [-0.3, -0.25) is 0 Å². The van der Waals surface area contributed by atoms with Gasteiger partial charge in [0.1, 0.15) is 11.2 Å². The SMILES string of the molecule is c1cc(-c2ccc(N(c3ccc(-c4cccc(-c5cccc6ccccc56)c4)cc3)c3ccc(-c4cccc(-c5cccc6c5oc5ccccc56)c4)cc3)cc2)cc(-c2cccc(-c3cccc4ccccc34)c2)c1. The lowest BCUT2D eigenvalue weighted by Crippen LogP contribution is -2.09. The molecule has 1 aromatic heterocycles. The quantitative estimate of drug-likeness (QED) is 0.136. The Morgan fingerprint density at radius 3 is 1.00 bits per heavy atom. The molecule has 356 valence electrons. The van der Waals surface area contributed by atoms with E-state index < -0.39 is 0 Å². The molecule has 0 unspecified atom stereocenters. The number of benzene rings is 13. The summed E-state index contributed by atoms with van der Waals surface area (Å²) in [4.78, 5) is 2.36. The maximum Gasteiger partial charge on any atom is 0.143 e. The average Bonchev–Trinajstić information content (AvgIpc) is 3.91. The van der Waals surface area contributed by atoms with E-state index in [4.69, 9.17) is 4.42 Å². The number of para-hydroxylation sites is 2. The molecule has 0 saturated heterocycles. The Hall–Kier alpha value is -10.0. The van der Waals surface area contributed by atoms with E-state index in [1.807, 2.05) is 12.1 Å². The summed E-state index contributed by atoms with van der Waals surface area (Å²) in [6, 6.07) is 108. The second-order valence-electron chi connectivity index (χ2n) is 19.6. The van der Waals surface area contributed by atoms with Crippen LogP contribution >= 0.6 is 0 Å². The molecule has 76 heavy (non-hydrogen) atoms. The van der Waals surface area contributed by atoms with Crippen LogP contribution in [-0.2, 0) is 0 Å². The van der Waals surface area contributed by atoms with E-state index in [1.165, 1.54) is 66.1 Å². The standard InChI is InChI=1S/C74H49NO/c1-3-26-66-53(14-1)16-11-29-68(66)60-23-8-19-56(47-60)51-36-42-64(43-37-51)75(65-44-38-52(39-45-65)57-20-9-25-62(48-57)70-31-13-32-72-71-28-5-6-33-73(71)76-74(70)72)63-40-34-50(35-41-63)55-18-7-21-58(46-55)59-22-10-24-61(49-59)69-30-12-17-54-15-2-4-27-67(54)69/h1-49H. The van der Waals surface area contributed by atoms with Crippen LogP contribution in [-0.4, -0.2) is 0 Å². The van der Waals surface area contributed by atoms with Gasteiger partial charge in [0.25, 0.3) is 0 Å². The number of anilines is 3. The lowest BCUT2D eigenvalue weighted by atomic mass is 9.94. The van der Waals surface area contributed by atoms with Gasteiger partial charge >= 0.3 is 0 Å². The van der Waals surface area contributed by atoms with Crippen LogP contribution in [0.15, 0.2) is 302 Å². The number of hydrogen-bond donors (Lipinski definition) is 0. The molecule has 0 saturated carbocycles.